The van der Waals surface area contributed by atoms with Crippen LogP contribution >= 0.6 is 0 Å². The summed E-state index contributed by atoms with van der Waals surface area (Å²) in [5, 5.41) is 2.91. The summed E-state index contributed by atoms with van der Waals surface area (Å²) in [6.45, 7) is 8.74. The number of nitrogens with zero attached hydrogens (tertiary/aromatic N) is 1. The number of ether oxygens (including phenoxy) is 2. The number of hydrogen-bond acceptors (Lipinski definition) is 4. The molecule has 1 aliphatic rings. The molecule has 0 bridgehead atoms. The summed E-state index contributed by atoms with van der Waals surface area (Å²) in [6.07, 6.45) is 2.42. The lowest BCUT2D eigenvalue weighted by molar-refractivity contribution is -0.123. The Hall–Kier alpha value is -2.53. The SMILES string of the molecule is Cc1cc(C)c(C)c(OCC(=O)NCc2ccc(OC3CCN(C)CC3)cc2)c1. The van der Waals surface area contributed by atoms with E-state index in [9.17, 15) is 4.79 Å². The number of amides is 1. The summed E-state index contributed by atoms with van der Waals surface area (Å²) in [4.78, 5) is 14.5. The van der Waals surface area contributed by atoms with Crippen molar-refractivity contribution in [2.24, 2.45) is 0 Å². The number of piperidine rings is 1. The summed E-state index contributed by atoms with van der Waals surface area (Å²) in [6, 6.07) is 12.0. The smallest absolute Gasteiger partial charge is 0.258 e. The third-order valence-electron chi connectivity index (χ3n) is 5.50. The summed E-state index contributed by atoms with van der Waals surface area (Å²) in [5.74, 6) is 1.53. The van der Waals surface area contributed by atoms with Crippen LogP contribution in [0.5, 0.6) is 11.5 Å². The molecule has 3 rings (SSSR count). The van der Waals surface area contributed by atoms with Gasteiger partial charge in [0.25, 0.3) is 5.91 Å². The molecule has 5 heteroatoms. The molecule has 5 nitrogen and oxygen atoms in total. The standard InChI is InChI=1S/C24H32N2O3/c1-17-13-18(2)19(3)23(14-17)28-16-24(27)25-15-20-5-7-21(8-6-20)29-22-9-11-26(4)12-10-22/h5-8,13-14,22H,9-12,15-16H2,1-4H3,(H,25,27). The summed E-state index contributed by atoms with van der Waals surface area (Å²) < 4.78 is 11.8. The van der Waals surface area contributed by atoms with Crippen molar-refractivity contribution in [1.29, 1.82) is 0 Å². The second kappa shape index (κ2) is 9.79. The fourth-order valence-corrected chi connectivity index (χ4v) is 3.53. The van der Waals surface area contributed by atoms with Gasteiger partial charge in [-0.25, -0.2) is 0 Å². The van der Waals surface area contributed by atoms with Crippen LogP contribution in [-0.4, -0.2) is 43.7 Å². The van der Waals surface area contributed by atoms with Crippen LogP contribution in [0.2, 0.25) is 0 Å². The van der Waals surface area contributed by atoms with Crippen molar-refractivity contribution in [3.05, 3.63) is 58.7 Å². The minimum atomic E-state index is -0.129. The zero-order valence-electron chi connectivity index (χ0n) is 18.0. The molecule has 2 aromatic carbocycles. The molecule has 1 aliphatic heterocycles. The van der Waals surface area contributed by atoms with Crippen molar-refractivity contribution in [3.63, 3.8) is 0 Å². The van der Waals surface area contributed by atoms with Gasteiger partial charge in [-0.15, -0.1) is 0 Å². The third-order valence-corrected chi connectivity index (χ3v) is 5.50. The molecule has 1 fully saturated rings. The van der Waals surface area contributed by atoms with Crippen LogP contribution in [-0.2, 0) is 11.3 Å². The highest BCUT2D eigenvalue weighted by molar-refractivity contribution is 5.77. The van der Waals surface area contributed by atoms with E-state index >= 15 is 0 Å². The van der Waals surface area contributed by atoms with E-state index in [2.05, 4.69) is 30.3 Å². The first-order valence-electron chi connectivity index (χ1n) is 10.3. The zero-order valence-corrected chi connectivity index (χ0v) is 18.0. The maximum absolute atomic E-state index is 12.2. The van der Waals surface area contributed by atoms with Crippen LogP contribution in [0.1, 0.15) is 35.1 Å². The van der Waals surface area contributed by atoms with Gasteiger partial charge < -0.3 is 19.7 Å². The van der Waals surface area contributed by atoms with Gasteiger partial charge in [0.2, 0.25) is 0 Å². The van der Waals surface area contributed by atoms with Crippen molar-refractivity contribution < 1.29 is 14.3 Å². The van der Waals surface area contributed by atoms with Crippen molar-refractivity contribution in [2.75, 3.05) is 26.7 Å². The Morgan fingerprint density at radius 1 is 1.10 bits per heavy atom. The maximum Gasteiger partial charge on any atom is 0.258 e. The zero-order chi connectivity index (χ0) is 20.8. The van der Waals surface area contributed by atoms with Gasteiger partial charge in [-0.2, -0.15) is 0 Å². The molecule has 0 aliphatic carbocycles. The maximum atomic E-state index is 12.2. The van der Waals surface area contributed by atoms with E-state index in [4.69, 9.17) is 9.47 Å². The normalized spacial score (nSPS) is 15.2. The van der Waals surface area contributed by atoms with Crippen LogP contribution in [0.4, 0.5) is 0 Å². The van der Waals surface area contributed by atoms with E-state index in [-0.39, 0.29) is 12.5 Å². The first-order valence-corrected chi connectivity index (χ1v) is 10.3. The minimum absolute atomic E-state index is 0.0149. The van der Waals surface area contributed by atoms with E-state index in [0.29, 0.717) is 12.6 Å². The fourth-order valence-electron chi connectivity index (χ4n) is 3.53. The lowest BCUT2D eigenvalue weighted by atomic mass is 10.1. The number of benzene rings is 2. The van der Waals surface area contributed by atoms with Crippen LogP contribution in [0.15, 0.2) is 36.4 Å². The van der Waals surface area contributed by atoms with Crippen LogP contribution < -0.4 is 14.8 Å². The molecule has 0 radical (unpaired) electrons. The van der Waals surface area contributed by atoms with E-state index < -0.39 is 0 Å². The Balaban J connectivity index is 1.43. The Labute approximate surface area is 174 Å². The number of rotatable bonds is 7. The van der Waals surface area contributed by atoms with Crippen molar-refractivity contribution in [1.82, 2.24) is 10.2 Å². The number of hydrogen-bond donors (Lipinski definition) is 1. The molecule has 1 heterocycles. The molecular formula is C24H32N2O3. The first kappa shape index (κ1) is 21.2. The fraction of sp³-hybridized carbons (Fsp3) is 0.458. The quantitative estimate of drug-likeness (QED) is 0.774. The highest BCUT2D eigenvalue weighted by Gasteiger charge is 2.17. The Morgan fingerprint density at radius 2 is 1.79 bits per heavy atom. The molecule has 0 saturated carbocycles. The predicted octanol–water partition coefficient (Wildman–Crippen LogP) is 3.78. The minimum Gasteiger partial charge on any atom is -0.490 e. The van der Waals surface area contributed by atoms with Gasteiger partial charge >= 0.3 is 0 Å². The molecule has 0 aromatic heterocycles. The summed E-state index contributed by atoms with van der Waals surface area (Å²) in [7, 11) is 2.15. The number of nitrogens with one attached hydrogen (secondary N) is 1. The van der Waals surface area contributed by atoms with Gasteiger partial charge in [0.1, 0.15) is 17.6 Å². The molecule has 1 saturated heterocycles. The van der Waals surface area contributed by atoms with Crippen LogP contribution in [0.25, 0.3) is 0 Å². The molecule has 0 unspecified atom stereocenters. The van der Waals surface area contributed by atoms with Crippen LogP contribution in [0, 0.1) is 20.8 Å². The van der Waals surface area contributed by atoms with Crippen molar-refractivity contribution in [2.45, 2.75) is 46.3 Å². The Morgan fingerprint density at radius 3 is 2.48 bits per heavy atom. The molecule has 0 spiro atoms. The van der Waals surface area contributed by atoms with E-state index in [0.717, 1.165) is 54.1 Å². The second-order valence-corrected chi connectivity index (χ2v) is 8.03. The number of aryl methyl sites for hydroxylation is 2. The van der Waals surface area contributed by atoms with Gasteiger partial charge in [0, 0.05) is 19.6 Å². The summed E-state index contributed by atoms with van der Waals surface area (Å²) in [5.41, 5.74) is 4.41. The first-order chi connectivity index (χ1) is 13.9. The Bertz CT molecular complexity index is 825. The Kier molecular flexibility index (Phi) is 7.15. The molecule has 2 aromatic rings. The molecule has 29 heavy (non-hydrogen) atoms. The van der Waals surface area contributed by atoms with Gasteiger partial charge in [-0.1, -0.05) is 18.2 Å². The highest BCUT2D eigenvalue weighted by Crippen LogP contribution is 2.23. The highest BCUT2D eigenvalue weighted by atomic mass is 16.5. The lowest BCUT2D eigenvalue weighted by Gasteiger charge is -2.29. The largest absolute Gasteiger partial charge is 0.490 e. The molecule has 1 N–H and O–H groups in total. The van der Waals surface area contributed by atoms with Gasteiger partial charge in [0.15, 0.2) is 6.61 Å². The number of likely N-dealkylation sites (tertiary alicyclic amines) is 1. The topological polar surface area (TPSA) is 50.8 Å². The number of carbonyl (C=O) groups is 1. The molecule has 1 amide bonds. The van der Waals surface area contributed by atoms with Crippen molar-refractivity contribution in [3.8, 4) is 11.5 Å². The van der Waals surface area contributed by atoms with Crippen molar-refractivity contribution >= 4 is 5.91 Å². The monoisotopic (exact) mass is 396 g/mol. The van der Waals surface area contributed by atoms with E-state index in [1.54, 1.807) is 0 Å². The van der Waals surface area contributed by atoms with Crippen LogP contribution in [0.3, 0.4) is 0 Å². The summed E-state index contributed by atoms with van der Waals surface area (Å²) >= 11 is 0. The second-order valence-electron chi connectivity index (χ2n) is 8.03. The van der Waals surface area contributed by atoms with E-state index in [1.807, 2.05) is 44.2 Å². The van der Waals surface area contributed by atoms with Gasteiger partial charge in [-0.3, -0.25) is 4.79 Å². The average Bonchev–Trinajstić information content (AvgIpc) is 2.70. The van der Waals surface area contributed by atoms with E-state index in [1.165, 1.54) is 5.56 Å². The van der Waals surface area contributed by atoms with Gasteiger partial charge in [0.05, 0.1) is 0 Å². The predicted molar refractivity (Wildman–Crippen MR) is 116 cm³/mol. The average molecular weight is 397 g/mol. The third kappa shape index (κ3) is 6.23. The number of carbonyl (C=O) groups excluding carboxylic acids is 1. The van der Waals surface area contributed by atoms with Gasteiger partial charge in [-0.05, 0) is 81.1 Å². The molecule has 0 atom stereocenters. The lowest BCUT2D eigenvalue weighted by Crippen LogP contribution is -2.35. The molecular weight excluding hydrogens is 364 g/mol. The molecule has 156 valence electrons.